The van der Waals surface area contributed by atoms with E-state index < -0.39 is 0 Å². The SMILES string of the molecule is C\C=C/C(=C\C=C\C1CCCC(C(=O)NC2CCCCC2)C1)c1ccc2c(c1)nc(C)n2C. The van der Waals surface area contributed by atoms with Crippen LogP contribution in [0.4, 0.5) is 0 Å². The topological polar surface area (TPSA) is 46.9 Å². The van der Waals surface area contributed by atoms with Crippen molar-refractivity contribution in [3.63, 3.8) is 0 Å². The van der Waals surface area contributed by atoms with Crippen molar-refractivity contribution in [1.82, 2.24) is 14.9 Å². The van der Waals surface area contributed by atoms with E-state index in [1.54, 1.807) is 0 Å². The van der Waals surface area contributed by atoms with Gasteiger partial charge in [0.05, 0.1) is 11.0 Å². The Balaban J connectivity index is 1.41. The maximum atomic E-state index is 12.8. The van der Waals surface area contributed by atoms with Crippen molar-refractivity contribution < 1.29 is 4.79 Å². The summed E-state index contributed by atoms with van der Waals surface area (Å²) in [6.45, 7) is 4.09. The van der Waals surface area contributed by atoms with Crippen LogP contribution in [0.3, 0.4) is 0 Å². The molecule has 4 rings (SSSR count). The monoisotopic (exact) mass is 445 g/mol. The molecule has 2 atom stereocenters. The average molecular weight is 446 g/mol. The van der Waals surface area contributed by atoms with Gasteiger partial charge in [-0.05, 0) is 75.1 Å². The van der Waals surface area contributed by atoms with Crippen LogP contribution in [-0.4, -0.2) is 21.5 Å². The maximum absolute atomic E-state index is 12.8. The van der Waals surface area contributed by atoms with Gasteiger partial charge in [-0.1, -0.05) is 62.1 Å². The van der Waals surface area contributed by atoms with E-state index in [2.05, 4.69) is 72.4 Å². The van der Waals surface area contributed by atoms with Gasteiger partial charge in [0.2, 0.25) is 5.91 Å². The number of fused-ring (bicyclic) bond motifs is 1. The van der Waals surface area contributed by atoms with E-state index in [-0.39, 0.29) is 5.92 Å². The Hall–Kier alpha value is -2.62. The summed E-state index contributed by atoms with van der Waals surface area (Å²) in [7, 11) is 2.06. The van der Waals surface area contributed by atoms with Gasteiger partial charge in [-0.3, -0.25) is 4.79 Å². The first-order chi connectivity index (χ1) is 16.0. The summed E-state index contributed by atoms with van der Waals surface area (Å²) < 4.78 is 2.13. The number of rotatable bonds is 6. The van der Waals surface area contributed by atoms with E-state index in [1.807, 2.05) is 6.92 Å². The van der Waals surface area contributed by atoms with Gasteiger partial charge in [-0.15, -0.1) is 0 Å². The first kappa shape index (κ1) is 23.5. The van der Waals surface area contributed by atoms with Gasteiger partial charge in [0.25, 0.3) is 0 Å². The highest BCUT2D eigenvalue weighted by molar-refractivity contribution is 5.84. The molecule has 33 heavy (non-hydrogen) atoms. The summed E-state index contributed by atoms with van der Waals surface area (Å²) in [4.78, 5) is 17.5. The summed E-state index contributed by atoms with van der Waals surface area (Å²) in [5.74, 6) is 1.97. The molecule has 0 aliphatic heterocycles. The Morgan fingerprint density at radius 1 is 1.12 bits per heavy atom. The first-order valence-electron chi connectivity index (χ1n) is 12.8. The molecule has 2 aromatic rings. The molecule has 0 radical (unpaired) electrons. The third kappa shape index (κ3) is 5.85. The van der Waals surface area contributed by atoms with Crippen molar-refractivity contribution in [3.05, 3.63) is 60.0 Å². The van der Waals surface area contributed by atoms with Gasteiger partial charge >= 0.3 is 0 Å². The molecule has 1 heterocycles. The van der Waals surface area contributed by atoms with E-state index >= 15 is 0 Å². The second-order valence-electron chi connectivity index (χ2n) is 9.90. The van der Waals surface area contributed by atoms with E-state index in [9.17, 15) is 4.79 Å². The molecule has 1 amide bonds. The lowest BCUT2D eigenvalue weighted by atomic mass is 9.80. The van der Waals surface area contributed by atoms with Gasteiger partial charge in [-0.25, -0.2) is 4.98 Å². The number of aromatic nitrogens is 2. The molecule has 4 nitrogen and oxygen atoms in total. The molecule has 1 aromatic heterocycles. The zero-order valence-corrected chi connectivity index (χ0v) is 20.5. The number of nitrogens with one attached hydrogen (secondary N) is 1. The molecule has 2 fully saturated rings. The fraction of sp³-hybridized carbons (Fsp3) is 0.517. The zero-order chi connectivity index (χ0) is 23.2. The number of hydrogen-bond acceptors (Lipinski definition) is 2. The Morgan fingerprint density at radius 3 is 2.73 bits per heavy atom. The number of carbonyl (C=O) groups excluding carboxylic acids is 1. The Morgan fingerprint density at radius 2 is 1.94 bits per heavy atom. The second-order valence-corrected chi connectivity index (χ2v) is 9.90. The minimum absolute atomic E-state index is 0.170. The lowest BCUT2D eigenvalue weighted by Gasteiger charge is -2.29. The number of allylic oxidation sites excluding steroid dienone is 6. The molecule has 176 valence electrons. The molecule has 2 aliphatic carbocycles. The number of imidazole rings is 1. The van der Waals surface area contributed by atoms with Crippen LogP contribution in [0.15, 0.2) is 48.6 Å². The molecular weight excluding hydrogens is 406 g/mol. The maximum Gasteiger partial charge on any atom is 0.223 e. The Labute approximate surface area is 198 Å². The molecule has 1 aromatic carbocycles. The summed E-state index contributed by atoms with van der Waals surface area (Å²) >= 11 is 0. The van der Waals surface area contributed by atoms with E-state index in [1.165, 1.54) is 36.8 Å². The molecule has 2 unspecified atom stereocenters. The lowest BCUT2D eigenvalue weighted by molar-refractivity contribution is -0.127. The number of benzene rings is 1. The summed E-state index contributed by atoms with van der Waals surface area (Å²) in [5.41, 5.74) is 4.55. The summed E-state index contributed by atoms with van der Waals surface area (Å²) in [6.07, 6.45) is 21.4. The second kappa shape index (κ2) is 11.0. The smallest absolute Gasteiger partial charge is 0.223 e. The number of nitrogens with zero attached hydrogens (tertiary/aromatic N) is 2. The highest BCUT2D eigenvalue weighted by Gasteiger charge is 2.27. The number of amides is 1. The summed E-state index contributed by atoms with van der Waals surface area (Å²) in [6, 6.07) is 6.92. The Bertz CT molecular complexity index is 1050. The van der Waals surface area contributed by atoms with Gasteiger partial charge in [-0.2, -0.15) is 0 Å². The van der Waals surface area contributed by atoms with Crippen LogP contribution in [0.1, 0.15) is 76.1 Å². The Kier molecular flexibility index (Phi) is 7.85. The minimum Gasteiger partial charge on any atom is -0.353 e. The van der Waals surface area contributed by atoms with Crippen molar-refractivity contribution in [2.45, 2.75) is 77.7 Å². The fourth-order valence-corrected chi connectivity index (χ4v) is 5.45. The molecule has 2 aliphatic rings. The third-order valence-electron chi connectivity index (χ3n) is 7.48. The van der Waals surface area contributed by atoms with Crippen molar-refractivity contribution >= 4 is 22.5 Å². The van der Waals surface area contributed by atoms with E-state index in [0.717, 1.165) is 49.0 Å². The molecule has 4 heteroatoms. The van der Waals surface area contributed by atoms with Gasteiger partial charge in [0, 0.05) is 19.0 Å². The minimum atomic E-state index is 0.170. The predicted octanol–water partition coefficient (Wildman–Crippen LogP) is 6.65. The number of aryl methyl sites for hydroxylation is 2. The highest BCUT2D eigenvalue weighted by atomic mass is 16.1. The standard InChI is InChI=1S/C29H39N3O/c1-4-10-23(24-17-18-28-27(20-24)30-21(2)32(28)3)13-8-11-22-12-9-14-25(19-22)29(33)31-26-15-6-5-7-16-26/h4,8,10-11,13,17-18,20,22,25-26H,5-7,9,12,14-16,19H2,1-3H3,(H,31,33)/b10-4-,11-8+,23-13+. The zero-order valence-electron chi connectivity index (χ0n) is 20.5. The normalized spacial score (nSPS) is 23.1. The van der Waals surface area contributed by atoms with Crippen LogP contribution in [-0.2, 0) is 11.8 Å². The third-order valence-corrected chi connectivity index (χ3v) is 7.48. The summed E-state index contributed by atoms with van der Waals surface area (Å²) in [5, 5.41) is 3.35. The van der Waals surface area contributed by atoms with E-state index in [4.69, 9.17) is 4.98 Å². The van der Waals surface area contributed by atoms with Crippen LogP contribution >= 0.6 is 0 Å². The van der Waals surface area contributed by atoms with Gasteiger partial charge in [0.15, 0.2) is 0 Å². The number of hydrogen-bond donors (Lipinski definition) is 1. The average Bonchev–Trinajstić information content (AvgIpc) is 3.12. The first-order valence-corrected chi connectivity index (χ1v) is 12.8. The van der Waals surface area contributed by atoms with Crippen LogP contribution in [0.5, 0.6) is 0 Å². The van der Waals surface area contributed by atoms with Crippen LogP contribution in [0.25, 0.3) is 16.6 Å². The molecule has 0 bridgehead atoms. The van der Waals surface area contributed by atoms with Crippen molar-refractivity contribution in [1.29, 1.82) is 0 Å². The largest absolute Gasteiger partial charge is 0.353 e. The highest BCUT2D eigenvalue weighted by Crippen LogP contribution is 2.31. The van der Waals surface area contributed by atoms with Crippen molar-refractivity contribution in [3.8, 4) is 0 Å². The quantitative estimate of drug-likeness (QED) is 0.506. The van der Waals surface area contributed by atoms with Crippen LogP contribution in [0.2, 0.25) is 0 Å². The fourth-order valence-electron chi connectivity index (χ4n) is 5.45. The molecule has 2 saturated carbocycles. The van der Waals surface area contributed by atoms with Crippen LogP contribution < -0.4 is 5.32 Å². The van der Waals surface area contributed by atoms with Crippen molar-refractivity contribution in [2.75, 3.05) is 0 Å². The molecular formula is C29H39N3O. The van der Waals surface area contributed by atoms with Crippen molar-refractivity contribution in [2.24, 2.45) is 18.9 Å². The van der Waals surface area contributed by atoms with E-state index in [0.29, 0.717) is 17.9 Å². The molecule has 0 saturated heterocycles. The lowest BCUT2D eigenvalue weighted by Crippen LogP contribution is -2.41. The predicted molar refractivity (Wildman–Crippen MR) is 138 cm³/mol. The number of carbonyl (C=O) groups is 1. The van der Waals surface area contributed by atoms with Gasteiger partial charge < -0.3 is 9.88 Å². The molecule has 1 N–H and O–H groups in total. The van der Waals surface area contributed by atoms with Crippen LogP contribution in [0, 0.1) is 18.8 Å². The molecule has 0 spiro atoms. The van der Waals surface area contributed by atoms with Gasteiger partial charge in [0.1, 0.15) is 5.82 Å².